The van der Waals surface area contributed by atoms with E-state index in [1.54, 1.807) is 11.8 Å². The number of hydrogen-bond donors (Lipinski definition) is 1. The van der Waals surface area contributed by atoms with Crippen molar-refractivity contribution in [1.82, 2.24) is 4.98 Å². The summed E-state index contributed by atoms with van der Waals surface area (Å²) in [4.78, 5) is 4.38. The third kappa shape index (κ3) is 3.25. The SMILES string of the molecule is Cc1cc(C)c(C(N)CSc2nc(C)c(C)o2)c(C)c1. The van der Waals surface area contributed by atoms with E-state index in [0.717, 1.165) is 17.2 Å². The molecule has 0 aliphatic heterocycles. The van der Waals surface area contributed by atoms with E-state index in [1.807, 2.05) is 13.8 Å². The molecule has 1 aromatic carbocycles. The molecule has 108 valence electrons. The van der Waals surface area contributed by atoms with Crippen LogP contribution < -0.4 is 5.73 Å². The predicted molar refractivity (Wildman–Crippen MR) is 84.3 cm³/mol. The van der Waals surface area contributed by atoms with Gasteiger partial charge in [0, 0.05) is 11.8 Å². The number of nitrogens with two attached hydrogens (primary N) is 1. The molecular weight excluding hydrogens is 268 g/mol. The summed E-state index contributed by atoms with van der Waals surface area (Å²) in [5, 5.41) is 0.706. The summed E-state index contributed by atoms with van der Waals surface area (Å²) < 4.78 is 5.58. The zero-order valence-electron chi connectivity index (χ0n) is 12.8. The Labute approximate surface area is 125 Å². The van der Waals surface area contributed by atoms with E-state index in [1.165, 1.54) is 22.3 Å². The van der Waals surface area contributed by atoms with Gasteiger partial charge in [0.25, 0.3) is 5.22 Å². The van der Waals surface area contributed by atoms with E-state index in [2.05, 4.69) is 37.9 Å². The standard InChI is InChI=1S/C16H22N2OS/c1-9-6-10(2)15(11(3)7-9)14(17)8-20-16-18-12(4)13(5)19-16/h6-7,14H,8,17H2,1-5H3. The molecule has 0 saturated heterocycles. The molecule has 2 rings (SSSR count). The van der Waals surface area contributed by atoms with Gasteiger partial charge >= 0.3 is 0 Å². The molecule has 0 amide bonds. The highest BCUT2D eigenvalue weighted by molar-refractivity contribution is 7.99. The quantitative estimate of drug-likeness (QED) is 0.864. The van der Waals surface area contributed by atoms with Gasteiger partial charge in [-0.15, -0.1) is 0 Å². The first kappa shape index (κ1) is 15.1. The lowest BCUT2D eigenvalue weighted by molar-refractivity contribution is 0.431. The largest absolute Gasteiger partial charge is 0.437 e. The van der Waals surface area contributed by atoms with Crippen LogP contribution in [0.3, 0.4) is 0 Å². The minimum atomic E-state index is -0.00638. The second-order valence-electron chi connectivity index (χ2n) is 5.35. The second-order valence-corrected chi connectivity index (χ2v) is 6.32. The van der Waals surface area contributed by atoms with Crippen molar-refractivity contribution in [2.45, 2.75) is 45.9 Å². The fourth-order valence-electron chi connectivity index (χ4n) is 2.53. The van der Waals surface area contributed by atoms with Crippen LogP contribution in [0.15, 0.2) is 21.8 Å². The van der Waals surface area contributed by atoms with Crippen LogP contribution in [0.4, 0.5) is 0 Å². The minimum absolute atomic E-state index is 0.00638. The van der Waals surface area contributed by atoms with Gasteiger partial charge in [-0.1, -0.05) is 29.5 Å². The third-order valence-corrected chi connectivity index (χ3v) is 4.45. The van der Waals surface area contributed by atoms with E-state index in [4.69, 9.17) is 10.2 Å². The number of hydrogen-bond acceptors (Lipinski definition) is 4. The average Bonchev–Trinajstić information content (AvgIpc) is 2.65. The maximum Gasteiger partial charge on any atom is 0.256 e. The summed E-state index contributed by atoms with van der Waals surface area (Å²) in [6.07, 6.45) is 0. The molecule has 4 heteroatoms. The van der Waals surface area contributed by atoms with Crippen LogP contribution in [0.5, 0.6) is 0 Å². The van der Waals surface area contributed by atoms with Crippen molar-refractivity contribution in [3.8, 4) is 0 Å². The highest BCUT2D eigenvalue weighted by Gasteiger charge is 2.15. The summed E-state index contributed by atoms with van der Waals surface area (Å²) in [6, 6.07) is 4.37. The second kappa shape index (κ2) is 6.02. The maximum absolute atomic E-state index is 6.35. The van der Waals surface area contributed by atoms with Crippen LogP contribution in [0, 0.1) is 34.6 Å². The number of oxazole rings is 1. The Hall–Kier alpha value is -1.26. The van der Waals surface area contributed by atoms with Crippen LogP contribution in [0.1, 0.15) is 39.7 Å². The topological polar surface area (TPSA) is 52.0 Å². The molecule has 0 aliphatic carbocycles. The zero-order valence-corrected chi connectivity index (χ0v) is 13.6. The molecule has 1 aromatic heterocycles. The summed E-state index contributed by atoms with van der Waals surface area (Å²) in [6.45, 7) is 10.2. The number of aromatic nitrogens is 1. The zero-order chi connectivity index (χ0) is 14.9. The lowest BCUT2D eigenvalue weighted by Gasteiger charge is -2.17. The molecule has 0 radical (unpaired) electrons. The minimum Gasteiger partial charge on any atom is -0.437 e. The van der Waals surface area contributed by atoms with Gasteiger partial charge < -0.3 is 10.2 Å². The molecule has 2 N–H and O–H groups in total. The maximum atomic E-state index is 6.35. The Morgan fingerprint density at radius 3 is 2.25 bits per heavy atom. The molecule has 0 aliphatic rings. The molecule has 0 bridgehead atoms. The number of rotatable bonds is 4. The molecule has 0 saturated carbocycles. The van der Waals surface area contributed by atoms with Gasteiger partial charge in [0.05, 0.1) is 5.69 Å². The van der Waals surface area contributed by atoms with Crippen molar-refractivity contribution in [1.29, 1.82) is 0 Å². The summed E-state index contributed by atoms with van der Waals surface area (Å²) in [5.74, 6) is 1.65. The third-order valence-electron chi connectivity index (χ3n) is 3.50. The van der Waals surface area contributed by atoms with Crippen molar-refractivity contribution in [3.05, 3.63) is 45.8 Å². The Morgan fingerprint density at radius 2 is 1.75 bits per heavy atom. The van der Waals surface area contributed by atoms with Gasteiger partial charge in [-0.3, -0.25) is 0 Å². The van der Waals surface area contributed by atoms with Crippen LogP contribution in [0.2, 0.25) is 0 Å². The van der Waals surface area contributed by atoms with Gasteiger partial charge in [0.15, 0.2) is 0 Å². The fourth-order valence-corrected chi connectivity index (χ4v) is 3.40. The number of thioether (sulfide) groups is 1. The first-order valence-electron chi connectivity index (χ1n) is 6.78. The molecule has 0 fully saturated rings. The van der Waals surface area contributed by atoms with Gasteiger partial charge in [-0.2, -0.15) is 0 Å². The first-order valence-corrected chi connectivity index (χ1v) is 7.77. The van der Waals surface area contributed by atoms with E-state index in [-0.39, 0.29) is 6.04 Å². The van der Waals surface area contributed by atoms with Crippen molar-refractivity contribution in [3.63, 3.8) is 0 Å². The summed E-state index contributed by atoms with van der Waals surface area (Å²) >= 11 is 1.58. The van der Waals surface area contributed by atoms with Gasteiger partial charge in [-0.25, -0.2) is 4.98 Å². The number of nitrogens with zero attached hydrogens (tertiary/aromatic N) is 1. The predicted octanol–water partition coefficient (Wildman–Crippen LogP) is 4.01. The van der Waals surface area contributed by atoms with Crippen LogP contribution in [-0.4, -0.2) is 10.7 Å². The molecular formula is C16H22N2OS. The Balaban J connectivity index is 2.10. The van der Waals surface area contributed by atoms with Crippen LogP contribution >= 0.6 is 11.8 Å². The molecule has 0 spiro atoms. The van der Waals surface area contributed by atoms with Gasteiger partial charge in [0.1, 0.15) is 5.76 Å². The lowest BCUT2D eigenvalue weighted by Crippen LogP contribution is -2.16. The van der Waals surface area contributed by atoms with Crippen molar-refractivity contribution in [2.24, 2.45) is 5.73 Å². The summed E-state index contributed by atoms with van der Waals surface area (Å²) in [5.41, 5.74) is 12.3. The lowest BCUT2D eigenvalue weighted by atomic mass is 9.95. The Kier molecular flexibility index (Phi) is 4.55. The number of benzene rings is 1. The smallest absolute Gasteiger partial charge is 0.256 e. The monoisotopic (exact) mass is 290 g/mol. The Bertz CT molecular complexity index is 576. The normalized spacial score (nSPS) is 12.7. The van der Waals surface area contributed by atoms with E-state index >= 15 is 0 Å². The van der Waals surface area contributed by atoms with Crippen molar-refractivity contribution in [2.75, 3.05) is 5.75 Å². The number of aryl methyl sites for hydroxylation is 5. The molecule has 1 atom stereocenters. The molecule has 20 heavy (non-hydrogen) atoms. The molecule has 1 unspecified atom stereocenters. The van der Waals surface area contributed by atoms with E-state index in [9.17, 15) is 0 Å². The van der Waals surface area contributed by atoms with Crippen LogP contribution in [-0.2, 0) is 0 Å². The van der Waals surface area contributed by atoms with E-state index < -0.39 is 0 Å². The summed E-state index contributed by atoms with van der Waals surface area (Å²) in [7, 11) is 0. The average molecular weight is 290 g/mol. The first-order chi connectivity index (χ1) is 9.38. The molecule has 2 aromatic rings. The van der Waals surface area contributed by atoms with Gasteiger partial charge in [0.2, 0.25) is 0 Å². The Morgan fingerprint density at radius 1 is 1.15 bits per heavy atom. The van der Waals surface area contributed by atoms with Crippen LogP contribution in [0.25, 0.3) is 0 Å². The van der Waals surface area contributed by atoms with Crippen molar-refractivity contribution < 1.29 is 4.42 Å². The fraction of sp³-hybridized carbons (Fsp3) is 0.438. The molecule has 1 heterocycles. The van der Waals surface area contributed by atoms with Crippen molar-refractivity contribution >= 4 is 11.8 Å². The highest BCUT2D eigenvalue weighted by atomic mass is 32.2. The van der Waals surface area contributed by atoms with E-state index in [0.29, 0.717) is 5.22 Å². The molecule has 3 nitrogen and oxygen atoms in total. The van der Waals surface area contributed by atoms with Gasteiger partial charge in [-0.05, 0) is 51.3 Å². The highest BCUT2D eigenvalue weighted by Crippen LogP contribution is 2.28.